The summed E-state index contributed by atoms with van der Waals surface area (Å²) in [6, 6.07) is 9.66. The minimum absolute atomic E-state index is 0.0780. The number of nitrogens with zero attached hydrogens (tertiary/aromatic N) is 4. The van der Waals surface area contributed by atoms with Gasteiger partial charge in [0.15, 0.2) is 0 Å². The lowest BCUT2D eigenvalue weighted by atomic mass is 9.85. The maximum Gasteiger partial charge on any atom is 0.425 e. The van der Waals surface area contributed by atoms with Crippen LogP contribution in [0.15, 0.2) is 60.9 Å². The van der Waals surface area contributed by atoms with E-state index in [1.807, 2.05) is 4.90 Å². The standard InChI is InChI=1S/C28H25F4N5O2/c29-21-14-18(27(39,28(30,31)32)17-4-2-1-3-5-17)7-10-20(21)23-24-25(33)34-12-13-36(24)26(35-23)16-6-8-19-9-11-22(38)37(19)15-16/h1-5,7,10,12-14,16,19,39H,6,8-9,11,15H2,(H2,33,34)/t16?,19-,27?/m0/s1. The summed E-state index contributed by atoms with van der Waals surface area (Å²) < 4.78 is 59.9. The molecular weight excluding hydrogens is 514 g/mol. The molecule has 0 aliphatic carbocycles. The molecule has 0 spiro atoms. The largest absolute Gasteiger partial charge is 0.425 e. The van der Waals surface area contributed by atoms with Gasteiger partial charge in [-0.2, -0.15) is 13.2 Å². The average Bonchev–Trinajstić information content (AvgIpc) is 3.49. The number of aromatic nitrogens is 3. The second-order valence-electron chi connectivity index (χ2n) is 10.1. The number of hydrogen-bond acceptors (Lipinski definition) is 5. The fourth-order valence-electron chi connectivity index (χ4n) is 5.95. The number of rotatable bonds is 4. The zero-order chi connectivity index (χ0) is 27.5. The molecule has 202 valence electrons. The highest BCUT2D eigenvalue weighted by Gasteiger charge is 2.56. The van der Waals surface area contributed by atoms with Crippen LogP contribution >= 0.6 is 0 Å². The summed E-state index contributed by atoms with van der Waals surface area (Å²) in [4.78, 5) is 23.1. The molecule has 0 bridgehead atoms. The fourth-order valence-corrected chi connectivity index (χ4v) is 5.95. The molecule has 11 heteroatoms. The molecule has 2 aromatic carbocycles. The Labute approximate surface area is 220 Å². The number of halogens is 4. The van der Waals surface area contributed by atoms with Gasteiger partial charge in [-0.25, -0.2) is 14.4 Å². The van der Waals surface area contributed by atoms with E-state index in [1.165, 1.54) is 30.5 Å². The van der Waals surface area contributed by atoms with Crippen LogP contribution in [0.25, 0.3) is 16.8 Å². The van der Waals surface area contributed by atoms with E-state index in [-0.39, 0.29) is 34.9 Å². The third-order valence-corrected chi connectivity index (χ3v) is 7.94. The number of piperidine rings is 1. The first-order valence-electron chi connectivity index (χ1n) is 12.7. The molecule has 2 fully saturated rings. The number of imidazole rings is 1. The topological polar surface area (TPSA) is 96.8 Å². The van der Waals surface area contributed by atoms with Gasteiger partial charge in [-0.05, 0) is 37.0 Å². The first-order chi connectivity index (χ1) is 18.6. The highest BCUT2D eigenvalue weighted by atomic mass is 19.4. The van der Waals surface area contributed by atoms with Crippen molar-refractivity contribution in [3.63, 3.8) is 0 Å². The SMILES string of the molecule is Nc1nccn2c(C3CC[C@H]4CCC(=O)N4C3)nc(-c3ccc(C(O)(c4ccccc4)C(F)(F)F)cc3F)c12. The number of amides is 1. The number of carbonyl (C=O) groups excluding carboxylic acids is 1. The Morgan fingerprint density at radius 2 is 1.79 bits per heavy atom. The van der Waals surface area contributed by atoms with E-state index in [9.17, 15) is 23.1 Å². The van der Waals surface area contributed by atoms with Crippen molar-refractivity contribution in [2.24, 2.45) is 0 Å². The molecule has 39 heavy (non-hydrogen) atoms. The van der Waals surface area contributed by atoms with Crippen LogP contribution in [0.2, 0.25) is 0 Å². The quantitative estimate of drug-likeness (QED) is 0.364. The maximum atomic E-state index is 15.7. The summed E-state index contributed by atoms with van der Waals surface area (Å²) >= 11 is 0. The van der Waals surface area contributed by atoms with Gasteiger partial charge in [0.2, 0.25) is 11.5 Å². The van der Waals surface area contributed by atoms with Gasteiger partial charge in [0.25, 0.3) is 0 Å². The smallest absolute Gasteiger partial charge is 0.382 e. The minimum atomic E-state index is -5.11. The summed E-state index contributed by atoms with van der Waals surface area (Å²) in [6.45, 7) is 0.474. The lowest BCUT2D eigenvalue weighted by Gasteiger charge is -2.34. The van der Waals surface area contributed by atoms with Crippen LogP contribution in [0, 0.1) is 5.82 Å². The molecule has 3 atom stereocenters. The molecule has 6 rings (SSSR count). The molecule has 2 aliphatic heterocycles. The first-order valence-corrected chi connectivity index (χ1v) is 12.7. The summed E-state index contributed by atoms with van der Waals surface area (Å²) in [5.74, 6) is -0.380. The zero-order valence-electron chi connectivity index (χ0n) is 20.7. The Hall–Kier alpha value is -3.99. The van der Waals surface area contributed by atoms with Gasteiger partial charge in [-0.1, -0.05) is 36.4 Å². The number of nitrogens with two attached hydrogens (primary N) is 1. The number of hydrogen-bond donors (Lipinski definition) is 2. The summed E-state index contributed by atoms with van der Waals surface area (Å²) in [6.07, 6.45) is 0.975. The fraction of sp³-hybridized carbons (Fsp3) is 0.321. The molecule has 2 saturated heterocycles. The van der Waals surface area contributed by atoms with Gasteiger partial charge in [0.1, 0.15) is 28.7 Å². The average molecular weight is 540 g/mol. The van der Waals surface area contributed by atoms with E-state index in [4.69, 9.17) is 10.7 Å². The van der Waals surface area contributed by atoms with Gasteiger partial charge in [0, 0.05) is 48.4 Å². The van der Waals surface area contributed by atoms with Crippen LogP contribution in [-0.2, 0) is 10.4 Å². The third-order valence-electron chi connectivity index (χ3n) is 7.94. The Morgan fingerprint density at radius 3 is 2.51 bits per heavy atom. The van der Waals surface area contributed by atoms with Gasteiger partial charge in [-0.3, -0.25) is 9.20 Å². The Kier molecular flexibility index (Phi) is 5.87. The summed E-state index contributed by atoms with van der Waals surface area (Å²) in [5.41, 5.74) is 2.04. The highest BCUT2D eigenvalue weighted by molar-refractivity contribution is 5.86. The van der Waals surface area contributed by atoms with Crippen molar-refractivity contribution in [1.82, 2.24) is 19.3 Å². The lowest BCUT2D eigenvalue weighted by Crippen LogP contribution is -2.43. The van der Waals surface area contributed by atoms with Crippen LogP contribution in [0.5, 0.6) is 0 Å². The number of aliphatic hydroxyl groups is 1. The maximum absolute atomic E-state index is 15.7. The molecule has 7 nitrogen and oxygen atoms in total. The predicted molar refractivity (Wildman–Crippen MR) is 135 cm³/mol. The second kappa shape index (κ2) is 9.04. The van der Waals surface area contributed by atoms with E-state index in [2.05, 4.69) is 4.98 Å². The molecule has 0 radical (unpaired) electrons. The Bertz CT molecular complexity index is 1570. The molecule has 2 aliphatic rings. The number of anilines is 1. The molecule has 4 aromatic rings. The van der Waals surface area contributed by atoms with E-state index < -0.39 is 28.7 Å². The highest BCUT2D eigenvalue weighted by Crippen LogP contribution is 2.45. The molecule has 2 aromatic heterocycles. The van der Waals surface area contributed by atoms with Gasteiger partial charge >= 0.3 is 6.18 Å². The van der Waals surface area contributed by atoms with Gasteiger partial charge in [0.05, 0.1) is 0 Å². The molecule has 4 heterocycles. The van der Waals surface area contributed by atoms with E-state index in [1.54, 1.807) is 10.6 Å². The van der Waals surface area contributed by atoms with Gasteiger partial charge in [-0.15, -0.1) is 0 Å². The van der Waals surface area contributed by atoms with Crippen molar-refractivity contribution in [3.8, 4) is 11.3 Å². The van der Waals surface area contributed by atoms with Crippen LogP contribution in [0.3, 0.4) is 0 Å². The van der Waals surface area contributed by atoms with Crippen molar-refractivity contribution >= 4 is 17.2 Å². The van der Waals surface area contributed by atoms with Crippen LogP contribution < -0.4 is 5.73 Å². The van der Waals surface area contributed by atoms with Crippen molar-refractivity contribution in [2.45, 2.75) is 49.4 Å². The second-order valence-corrected chi connectivity index (χ2v) is 10.1. The Balaban J connectivity index is 1.45. The van der Waals surface area contributed by atoms with Crippen LogP contribution in [0.4, 0.5) is 23.4 Å². The first kappa shape index (κ1) is 25.3. The minimum Gasteiger partial charge on any atom is -0.382 e. The normalized spacial score (nSPS) is 21.3. The zero-order valence-corrected chi connectivity index (χ0v) is 20.7. The van der Waals surface area contributed by atoms with Gasteiger partial charge < -0.3 is 15.7 Å². The molecular formula is C28H25F4N5O2. The Morgan fingerprint density at radius 1 is 1.03 bits per heavy atom. The van der Waals surface area contributed by atoms with Crippen molar-refractivity contribution in [2.75, 3.05) is 12.3 Å². The van der Waals surface area contributed by atoms with Crippen molar-refractivity contribution in [3.05, 3.63) is 83.7 Å². The molecule has 1 amide bonds. The number of alkyl halides is 3. The van der Waals surface area contributed by atoms with Crippen molar-refractivity contribution in [1.29, 1.82) is 0 Å². The van der Waals surface area contributed by atoms with E-state index in [0.717, 1.165) is 37.5 Å². The predicted octanol–water partition coefficient (Wildman–Crippen LogP) is 4.78. The summed E-state index contributed by atoms with van der Waals surface area (Å²) in [5, 5.41) is 10.9. The van der Waals surface area contributed by atoms with Crippen molar-refractivity contribution < 1.29 is 27.5 Å². The molecule has 3 N–H and O–H groups in total. The monoisotopic (exact) mass is 539 g/mol. The number of fused-ring (bicyclic) bond motifs is 2. The molecule has 2 unspecified atom stereocenters. The number of nitrogen functional groups attached to an aromatic ring is 1. The molecule has 0 saturated carbocycles. The van der Waals surface area contributed by atoms with Crippen LogP contribution in [-0.4, -0.2) is 49.0 Å². The van der Waals surface area contributed by atoms with E-state index in [0.29, 0.717) is 30.4 Å². The van der Waals surface area contributed by atoms with E-state index >= 15 is 4.39 Å². The lowest BCUT2D eigenvalue weighted by molar-refractivity contribution is -0.248. The third kappa shape index (κ3) is 3.94. The summed E-state index contributed by atoms with van der Waals surface area (Å²) in [7, 11) is 0. The number of carbonyl (C=O) groups is 1. The van der Waals surface area contributed by atoms with Crippen LogP contribution in [0.1, 0.15) is 48.6 Å². The number of benzene rings is 2.